The van der Waals surface area contributed by atoms with E-state index in [1.165, 1.54) is 38.9 Å². The largest absolute Gasteiger partial charge is 0.506 e. The van der Waals surface area contributed by atoms with Crippen LogP contribution in [-0.2, 0) is 9.53 Å². The van der Waals surface area contributed by atoms with Gasteiger partial charge in [0.05, 0.1) is 25.0 Å². The Morgan fingerprint density at radius 2 is 1.61 bits per heavy atom. The lowest BCUT2D eigenvalue weighted by molar-refractivity contribution is -0.142. The third-order valence-electron chi connectivity index (χ3n) is 5.93. The molecule has 0 radical (unpaired) electrons. The quantitative estimate of drug-likeness (QED) is 0.211. The molecule has 192 valence electrons. The van der Waals surface area contributed by atoms with Gasteiger partial charge >= 0.3 is 5.97 Å². The molecule has 1 amide bonds. The van der Waals surface area contributed by atoms with Crippen LogP contribution in [0.25, 0.3) is 10.8 Å². The van der Waals surface area contributed by atoms with Gasteiger partial charge in [-0.25, -0.2) is 4.79 Å². The number of hydrogen-bond acceptors (Lipinski definition) is 6. The zero-order chi connectivity index (χ0) is 25.9. The molecule has 0 saturated carbocycles. The number of ether oxygens (including phenoxy) is 3. The molecule has 0 aliphatic heterocycles. The van der Waals surface area contributed by atoms with Crippen molar-refractivity contribution in [1.82, 2.24) is 0 Å². The Morgan fingerprint density at radius 1 is 0.889 bits per heavy atom. The van der Waals surface area contributed by atoms with Crippen LogP contribution in [0, 0.1) is 6.92 Å². The second kappa shape index (κ2) is 13.4. The number of carbonyl (C=O) groups is 2. The minimum Gasteiger partial charge on any atom is -0.506 e. The van der Waals surface area contributed by atoms with E-state index in [9.17, 15) is 14.7 Å². The van der Waals surface area contributed by atoms with Crippen LogP contribution in [0.3, 0.4) is 0 Å². The van der Waals surface area contributed by atoms with Crippen molar-refractivity contribution in [3.05, 3.63) is 59.7 Å². The summed E-state index contributed by atoms with van der Waals surface area (Å²) in [4.78, 5) is 24.9. The van der Waals surface area contributed by atoms with Crippen LogP contribution < -0.4 is 14.8 Å². The minimum atomic E-state index is -0.551. The minimum absolute atomic E-state index is 0.0250. The van der Waals surface area contributed by atoms with E-state index in [1.54, 1.807) is 24.3 Å². The number of aryl methyl sites for hydroxylation is 1. The molecule has 0 bridgehead atoms. The molecule has 0 atom stereocenters. The van der Waals surface area contributed by atoms with Gasteiger partial charge in [0, 0.05) is 10.8 Å². The van der Waals surface area contributed by atoms with Crippen molar-refractivity contribution in [3.63, 3.8) is 0 Å². The standard InChI is InChI=1S/C29H35NO6/c1-4-5-6-7-8-11-16-35-25-15-14-20(2)17-24(25)30-29(33)23-18-26(36-19-27(31)34-3)21-12-9-10-13-22(21)28(23)32/h9-10,12-15,17-18,32H,4-8,11,16,19H2,1-3H3,(H,30,33). The highest BCUT2D eigenvalue weighted by Gasteiger charge is 2.20. The first-order valence-electron chi connectivity index (χ1n) is 12.4. The molecule has 0 aromatic heterocycles. The maximum absolute atomic E-state index is 13.3. The molecule has 0 fully saturated rings. The molecule has 3 rings (SSSR count). The molecule has 0 aliphatic carbocycles. The Bertz CT molecular complexity index is 1190. The molecule has 0 saturated heterocycles. The highest BCUT2D eigenvalue weighted by molar-refractivity contribution is 6.11. The number of anilines is 1. The number of methoxy groups -OCH3 is 1. The monoisotopic (exact) mass is 493 g/mol. The maximum Gasteiger partial charge on any atom is 0.343 e. The van der Waals surface area contributed by atoms with Crippen LogP contribution in [0.1, 0.15) is 61.4 Å². The maximum atomic E-state index is 13.3. The number of esters is 1. The lowest BCUT2D eigenvalue weighted by Crippen LogP contribution is -2.15. The summed E-state index contributed by atoms with van der Waals surface area (Å²) in [6.45, 7) is 4.37. The summed E-state index contributed by atoms with van der Waals surface area (Å²) in [6, 6.07) is 14.0. The molecular formula is C29H35NO6. The lowest BCUT2D eigenvalue weighted by Gasteiger charge is -2.16. The number of unbranched alkanes of at least 4 members (excludes halogenated alkanes) is 5. The Morgan fingerprint density at radius 3 is 2.36 bits per heavy atom. The van der Waals surface area contributed by atoms with Crippen molar-refractivity contribution in [2.75, 3.05) is 25.6 Å². The predicted molar refractivity (Wildman–Crippen MR) is 141 cm³/mol. The highest BCUT2D eigenvalue weighted by Crippen LogP contribution is 2.37. The highest BCUT2D eigenvalue weighted by atomic mass is 16.6. The van der Waals surface area contributed by atoms with Crippen LogP contribution in [-0.4, -0.2) is 37.3 Å². The van der Waals surface area contributed by atoms with Gasteiger partial charge in [-0.3, -0.25) is 4.79 Å². The fourth-order valence-electron chi connectivity index (χ4n) is 3.94. The molecule has 0 spiro atoms. The van der Waals surface area contributed by atoms with Crippen molar-refractivity contribution in [2.45, 2.75) is 52.4 Å². The van der Waals surface area contributed by atoms with Crippen LogP contribution in [0.5, 0.6) is 17.2 Å². The van der Waals surface area contributed by atoms with Crippen molar-refractivity contribution in [1.29, 1.82) is 0 Å². The van der Waals surface area contributed by atoms with Gasteiger partial charge in [-0.1, -0.05) is 69.4 Å². The summed E-state index contributed by atoms with van der Waals surface area (Å²) in [5.74, 6) is -0.371. The molecule has 7 heteroatoms. The van der Waals surface area contributed by atoms with E-state index in [-0.39, 0.29) is 17.9 Å². The van der Waals surface area contributed by atoms with E-state index >= 15 is 0 Å². The van der Waals surface area contributed by atoms with Crippen molar-refractivity contribution >= 4 is 28.3 Å². The predicted octanol–water partition coefficient (Wildman–Crippen LogP) is 6.40. The van der Waals surface area contributed by atoms with Crippen LogP contribution in [0.2, 0.25) is 0 Å². The fourth-order valence-corrected chi connectivity index (χ4v) is 3.94. The number of nitrogens with one attached hydrogen (secondary N) is 1. The molecule has 36 heavy (non-hydrogen) atoms. The molecule has 0 heterocycles. The number of aromatic hydroxyl groups is 1. The van der Waals surface area contributed by atoms with E-state index in [1.807, 2.05) is 25.1 Å². The average Bonchev–Trinajstić information content (AvgIpc) is 2.88. The van der Waals surface area contributed by atoms with Gasteiger partial charge in [-0.05, 0) is 37.1 Å². The summed E-state index contributed by atoms with van der Waals surface area (Å²) in [5, 5.41) is 14.8. The number of fused-ring (bicyclic) bond motifs is 1. The normalized spacial score (nSPS) is 10.8. The second-order valence-corrected chi connectivity index (χ2v) is 8.75. The molecule has 0 aliphatic rings. The molecule has 0 unspecified atom stereocenters. The van der Waals surface area contributed by atoms with Crippen LogP contribution >= 0.6 is 0 Å². The third-order valence-corrected chi connectivity index (χ3v) is 5.93. The number of hydrogen-bond donors (Lipinski definition) is 2. The van der Waals surface area contributed by atoms with Gasteiger partial charge in [0.1, 0.15) is 17.2 Å². The Balaban J connectivity index is 1.79. The fraction of sp³-hybridized carbons (Fsp3) is 0.379. The van der Waals surface area contributed by atoms with Gasteiger partial charge in [-0.2, -0.15) is 0 Å². The summed E-state index contributed by atoms with van der Waals surface area (Å²) in [6.07, 6.45) is 6.95. The van der Waals surface area contributed by atoms with Gasteiger partial charge < -0.3 is 24.6 Å². The van der Waals surface area contributed by atoms with E-state index in [0.717, 1.165) is 18.4 Å². The first-order valence-corrected chi connectivity index (χ1v) is 12.4. The van der Waals surface area contributed by atoms with Crippen molar-refractivity contribution < 1.29 is 28.9 Å². The number of benzene rings is 3. The average molecular weight is 494 g/mol. The zero-order valence-electron chi connectivity index (χ0n) is 21.3. The number of phenolic OH excluding ortho intramolecular Hbond substituents is 1. The Hall–Kier alpha value is -3.74. The summed E-state index contributed by atoms with van der Waals surface area (Å²) in [5.41, 5.74) is 1.51. The first kappa shape index (κ1) is 26.9. The molecular weight excluding hydrogens is 458 g/mol. The van der Waals surface area contributed by atoms with Crippen molar-refractivity contribution in [2.24, 2.45) is 0 Å². The van der Waals surface area contributed by atoms with Gasteiger partial charge in [-0.15, -0.1) is 0 Å². The zero-order valence-corrected chi connectivity index (χ0v) is 21.3. The topological polar surface area (TPSA) is 94.1 Å². The first-order chi connectivity index (χ1) is 17.4. The Labute approximate surface area is 212 Å². The van der Waals surface area contributed by atoms with Crippen molar-refractivity contribution in [3.8, 4) is 17.2 Å². The Kier molecular flexibility index (Phi) is 9.98. The van der Waals surface area contributed by atoms with E-state index in [2.05, 4.69) is 17.0 Å². The van der Waals surface area contributed by atoms with E-state index in [0.29, 0.717) is 34.6 Å². The van der Waals surface area contributed by atoms with Gasteiger partial charge in [0.15, 0.2) is 6.61 Å². The SMILES string of the molecule is CCCCCCCCOc1ccc(C)cc1NC(=O)c1cc(OCC(=O)OC)c2ccccc2c1O. The summed E-state index contributed by atoms with van der Waals surface area (Å²) in [7, 11) is 1.27. The molecule has 7 nitrogen and oxygen atoms in total. The number of phenols is 1. The summed E-state index contributed by atoms with van der Waals surface area (Å²) >= 11 is 0. The smallest absolute Gasteiger partial charge is 0.343 e. The van der Waals surface area contributed by atoms with Crippen LogP contribution in [0.15, 0.2) is 48.5 Å². The number of amides is 1. The molecule has 3 aromatic rings. The lowest BCUT2D eigenvalue weighted by atomic mass is 10.0. The molecule has 2 N–H and O–H groups in total. The van der Waals surface area contributed by atoms with E-state index < -0.39 is 11.9 Å². The number of rotatable bonds is 13. The van der Waals surface area contributed by atoms with Gasteiger partial charge in [0.25, 0.3) is 5.91 Å². The third kappa shape index (κ3) is 7.13. The van der Waals surface area contributed by atoms with E-state index in [4.69, 9.17) is 9.47 Å². The number of carbonyl (C=O) groups excluding carboxylic acids is 2. The second-order valence-electron chi connectivity index (χ2n) is 8.75. The van der Waals surface area contributed by atoms with Gasteiger partial charge in [0.2, 0.25) is 0 Å². The molecule has 3 aromatic carbocycles. The van der Waals surface area contributed by atoms with Crippen LogP contribution in [0.4, 0.5) is 5.69 Å². The summed E-state index contributed by atoms with van der Waals surface area (Å²) < 4.78 is 16.3.